The number of nitrogens with zero attached hydrogens (tertiary/aromatic N) is 2. The van der Waals surface area contributed by atoms with Crippen molar-refractivity contribution in [1.29, 1.82) is 0 Å². The minimum Gasteiger partial charge on any atom is -0.395 e. The van der Waals surface area contributed by atoms with Crippen LogP contribution in [0.2, 0.25) is 0 Å². The van der Waals surface area contributed by atoms with E-state index in [2.05, 4.69) is 9.88 Å². The molecule has 0 spiro atoms. The summed E-state index contributed by atoms with van der Waals surface area (Å²) >= 11 is 1.57. The van der Waals surface area contributed by atoms with Crippen molar-refractivity contribution < 1.29 is 4.79 Å². The lowest BCUT2D eigenvalue weighted by Crippen LogP contribution is -2.37. The van der Waals surface area contributed by atoms with Crippen molar-refractivity contribution in [3.05, 3.63) is 17.6 Å². The average Bonchev–Trinajstić information content (AvgIpc) is 2.97. The average molecular weight is 276 g/mol. The first-order chi connectivity index (χ1) is 9.01. The minimum atomic E-state index is -0.469. The third kappa shape index (κ3) is 1.83. The second-order valence-electron chi connectivity index (χ2n) is 5.29. The van der Waals surface area contributed by atoms with E-state index in [1.807, 2.05) is 19.1 Å². The second-order valence-corrected chi connectivity index (χ2v) is 6.18. The molecule has 6 heteroatoms. The Labute approximate surface area is 115 Å². The highest BCUT2D eigenvalue weighted by Crippen LogP contribution is 2.38. The molecule has 0 radical (unpaired) electrons. The number of hydrogen-bond acceptors (Lipinski definition) is 5. The van der Waals surface area contributed by atoms with Gasteiger partial charge in [0, 0.05) is 13.1 Å². The molecule has 1 aliphatic rings. The van der Waals surface area contributed by atoms with Gasteiger partial charge in [0.2, 0.25) is 5.91 Å². The van der Waals surface area contributed by atoms with Crippen LogP contribution < -0.4 is 16.4 Å². The van der Waals surface area contributed by atoms with Gasteiger partial charge in [0.15, 0.2) is 0 Å². The number of carbonyl (C=O) groups excluding carboxylic acids is 1. The number of hydrogen-bond donors (Lipinski definition) is 2. The molecular formula is C13H16N4OS. The van der Waals surface area contributed by atoms with Gasteiger partial charge in [-0.1, -0.05) is 0 Å². The molecule has 1 fully saturated rings. The SMILES string of the molecule is CC1(C(N)=O)CCN(c2ccc3scnc3c2N)C1. The molecule has 1 aliphatic heterocycles. The van der Waals surface area contributed by atoms with Crippen molar-refractivity contribution in [2.75, 3.05) is 23.7 Å². The number of amides is 1. The standard InChI is InChI=1S/C13H16N4OS/c1-13(12(15)18)4-5-17(6-13)8-2-3-9-11(10(8)14)16-7-19-9/h2-3,7H,4-6,14H2,1H3,(H2,15,18). The van der Waals surface area contributed by atoms with Crippen molar-refractivity contribution in [2.24, 2.45) is 11.1 Å². The van der Waals surface area contributed by atoms with Crippen LogP contribution in [0.15, 0.2) is 17.6 Å². The van der Waals surface area contributed by atoms with Crippen LogP contribution in [0.1, 0.15) is 13.3 Å². The molecule has 0 aliphatic carbocycles. The van der Waals surface area contributed by atoms with Gasteiger partial charge in [-0.2, -0.15) is 0 Å². The first-order valence-electron chi connectivity index (χ1n) is 6.18. The predicted molar refractivity (Wildman–Crippen MR) is 78.2 cm³/mol. The Kier molecular flexibility index (Phi) is 2.63. The normalized spacial score (nSPS) is 23.1. The predicted octanol–water partition coefficient (Wildman–Crippen LogP) is 1.58. The number of benzene rings is 1. The van der Waals surface area contributed by atoms with Gasteiger partial charge in [0.1, 0.15) is 5.52 Å². The second kappa shape index (κ2) is 4.09. The van der Waals surface area contributed by atoms with Crippen LogP contribution in [-0.2, 0) is 4.79 Å². The van der Waals surface area contributed by atoms with Gasteiger partial charge in [0.05, 0.1) is 27.0 Å². The van der Waals surface area contributed by atoms with Crippen molar-refractivity contribution in [2.45, 2.75) is 13.3 Å². The Morgan fingerprint density at radius 1 is 1.53 bits per heavy atom. The molecule has 1 aromatic heterocycles. The van der Waals surface area contributed by atoms with Crippen molar-refractivity contribution in [3.8, 4) is 0 Å². The molecule has 1 unspecified atom stereocenters. The summed E-state index contributed by atoms with van der Waals surface area (Å²) in [7, 11) is 0. The molecule has 1 atom stereocenters. The molecule has 2 heterocycles. The summed E-state index contributed by atoms with van der Waals surface area (Å²) in [5.41, 5.74) is 15.5. The van der Waals surface area contributed by atoms with Crippen LogP contribution in [0.5, 0.6) is 0 Å². The highest BCUT2D eigenvalue weighted by atomic mass is 32.1. The lowest BCUT2D eigenvalue weighted by atomic mass is 9.89. The van der Waals surface area contributed by atoms with Crippen LogP contribution in [0.25, 0.3) is 10.2 Å². The maximum Gasteiger partial charge on any atom is 0.225 e. The van der Waals surface area contributed by atoms with Gasteiger partial charge >= 0.3 is 0 Å². The number of fused-ring (bicyclic) bond motifs is 1. The van der Waals surface area contributed by atoms with Crippen LogP contribution in [0.3, 0.4) is 0 Å². The van der Waals surface area contributed by atoms with E-state index >= 15 is 0 Å². The largest absolute Gasteiger partial charge is 0.395 e. The Morgan fingerprint density at radius 2 is 2.32 bits per heavy atom. The van der Waals surface area contributed by atoms with E-state index in [0.717, 1.165) is 28.9 Å². The third-order valence-corrected chi connectivity index (χ3v) is 4.72. The van der Waals surface area contributed by atoms with Crippen LogP contribution in [0.4, 0.5) is 11.4 Å². The van der Waals surface area contributed by atoms with Crippen molar-refractivity contribution >= 4 is 38.8 Å². The Bertz CT molecular complexity index is 653. The van der Waals surface area contributed by atoms with Gasteiger partial charge in [0.25, 0.3) is 0 Å². The van der Waals surface area contributed by atoms with E-state index in [9.17, 15) is 4.79 Å². The monoisotopic (exact) mass is 276 g/mol. The Hall–Kier alpha value is -1.82. The molecule has 5 nitrogen and oxygen atoms in total. The fourth-order valence-electron chi connectivity index (χ4n) is 2.59. The first-order valence-corrected chi connectivity index (χ1v) is 7.06. The summed E-state index contributed by atoms with van der Waals surface area (Å²) in [6.45, 7) is 3.31. The number of nitrogens with two attached hydrogens (primary N) is 2. The number of primary amides is 1. The van der Waals surface area contributed by atoms with Gasteiger partial charge in [-0.05, 0) is 25.5 Å². The molecule has 1 aromatic carbocycles. The van der Waals surface area contributed by atoms with E-state index < -0.39 is 5.41 Å². The molecule has 2 aromatic rings. The first kappa shape index (κ1) is 12.2. The number of nitrogen functional groups attached to an aromatic ring is 1. The lowest BCUT2D eigenvalue weighted by molar-refractivity contribution is -0.125. The van der Waals surface area contributed by atoms with Gasteiger partial charge in [-0.3, -0.25) is 4.79 Å². The minimum absolute atomic E-state index is 0.247. The molecule has 0 saturated carbocycles. The van der Waals surface area contributed by atoms with E-state index in [1.54, 1.807) is 16.8 Å². The highest BCUT2D eigenvalue weighted by molar-refractivity contribution is 7.16. The third-order valence-electron chi connectivity index (χ3n) is 3.93. The molecule has 19 heavy (non-hydrogen) atoms. The number of aromatic nitrogens is 1. The van der Waals surface area contributed by atoms with Crippen LogP contribution in [-0.4, -0.2) is 24.0 Å². The fraction of sp³-hybridized carbons (Fsp3) is 0.385. The zero-order chi connectivity index (χ0) is 13.6. The van der Waals surface area contributed by atoms with Crippen molar-refractivity contribution in [1.82, 2.24) is 4.98 Å². The Balaban J connectivity index is 1.98. The summed E-state index contributed by atoms with van der Waals surface area (Å²) < 4.78 is 1.08. The summed E-state index contributed by atoms with van der Waals surface area (Å²) in [5.74, 6) is -0.247. The zero-order valence-corrected chi connectivity index (χ0v) is 11.5. The molecule has 100 valence electrons. The van der Waals surface area contributed by atoms with Gasteiger partial charge in [-0.25, -0.2) is 4.98 Å². The maximum atomic E-state index is 11.5. The Morgan fingerprint density at radius 3 is 3.00 bits per heavy atom. The van der Waals surface area contributed by atoms with E-state index in [1.165, 1.54) is 0 Å². The smallest absolute Gasteiger partial charge is 0.225 e. The van der Waals surface area contributed by atoms with Crippen LogP contribution >= 0.6 is 11.3 Å². The topological polar surface area (TPSA) is 85.2 Å². The molecule has 3 rings (SSSR count). The van der Waals surface area contributed by atoms with E-state index in [-0.39, 0.29) is 5.91 Å². The lowest BCUT2D eigenvalue weighted by Gasteiger charge is -2.23. The van der Waals surface area contributed by atoms with Gasteiger partial charge < -0.3 is 16.4 Å². The van der Waals surface area contributed by atoms with E-state index in [0.29, 0.717) is 12.2 Å². The molecule has 1 saturated heterocycles. The molecular weight excluding hydrogens is 260 g/mol. The summed E-state index contributed by atoms with van der Waals surface area (Å²) in [6, 6.07) is 4.03. The van der Waals surface area contributed by atoms with E-state index in [4.69, 9.17) is 11.5 Å². The molecule has 0 bridgehead atoms. The number of thiazole rings is 1. The van der Waals surface area contributed by atoms with Gasteiger partial charge in [-0.15, -0.1) is 11.3 Å². The number of rotatable bonds is 2. The number of anilines is 2. The van der Waals surface area contributed by atoms with Crippen LogP contribution in [0, 0.1) is 5.41 Å². The number of carbonyl (C=O) groups is 1. The summed E-state index contributed by atoms with van der Waals surface area (Å²) in [6.07, 6.45) is 0.761. The summed E-state index contributed by atoms with van der Waals surface area (Å²) in [4.78, 5) is 17.9. The quantitative estimate of drug-likeness (QED) is 0.815. The zero-order valence-electron chi connectivity index (χ0n) is 10.7. The fourth-order valence-corrected chi connectivity index (χ4v) is 3.28. The molecule has 1 amide bonds. The maximum absolute atomic E-state index is 11.5. The van der Waals surface area contributed by atoms with Crippen molar-refractivity contribution in [3.63, 3.8) is 0 Å². The summed E-state index contributed by atoms with van der Waals surface area (Å²) in [5, 5.41) is 0. The molecule has 4 N–H and O–H groups in total. The highest BCUT2D eigenvalue weighted by Gasteiger charge is 2.39.